The molecule has 1 aromatic rings. The third-order valence-corrected chi connectivity index (χ3v) is 5.80. The summed E-state index contributed by atoms with van der Waals surface area (Å²) in [5.41, 5.74) is 0.0306. The van der Waals surface area contributed by atoms with Gasteiger partial charge in [-0.3, -0.25) is 19.3 Å². The van der Waals surface area contributed by atoms with Gasteiger partial charge in [-0.1, -0.05) is 18.9 Å². The lowest BCUT2D eigenvalue weighted by atomic mass is 9.84. The van der Waals surface area contributed by atoms with E-state index in [2.05, 4.69) is 16.8 Å². The Kier molecular flexibility index (Phi) is 4.29. The first-order chi connectivity index (χ1) is 10.6. The summed E-state index contributed by atoms with van der Waals surface area (Å²) in [5, 5.41) is 5.01. The largest absolute Gasteiger partial charge is 0.354 e. The van der Waals surface area contributed by atoms with E-state index in [4.69, 9.17) is 0 Å². The topological polar surface area (TPSA) is 66.5 Å². The van der Waals surface area contributed by atoms with Crippen molar-refractivity contribution >= 4 is 29.1 Å². The smallest absolute Gasteiger partial charge is 0.240 e. The first-order valence-electron chi connectivity index (χ1n) is 7.75. The number of carbonyl (C=O) groups is 3. The van der Waals surface area contributed by atoms with E-state index in [1.54, 1.807) is 11.3 Å². The molecule has 2 aliphatic rings. The van der Waals surface area contributed by atoms with Crippen LogP contribution in [-0.4, -0.2) is 35.7 Å². The van der Waals surface area contributed by atoms with E-state index in [1.807, 2.05) is 6.07 Å². The maximum Gasteiger partial charge on any atom is 0.240 e. The second kappa shape index (κ2) is 6.20. The molecule has 1 aliphatic carbocycles. The van der Waals surface area contributed by atoms with Crippen LogP contribution < -0.4 is 5.32 Å². The lowest BCUT2D eigenvalue weighted by Gasteiger charge is -2.28. The number of hydrogen-bond donors (Lipinski definition) is 1. The van der Waals surface area contributed by atoms with Crippen molar-refractivity contribution in [3.05, 3.63) is 22.4 Å². The molecular weight excluding hydrogens is 300 g/mol. The fraction of sp³-hybridized carbons (Fsp3) is 0.562. The van der Waals surface area contributed by atoms with Gasteiger partial charge in [-0.25, -0.2) is 0 Å². The van der Waals surface area contributed by atoms with Gasteiger partial charge in [0.25, 0.3) is 0 Å². The predicted molar refractivity (Wildman–Crippen MR) is 83.4 cm³/mol. The summed E-state index contributed by atoms with van der Waals surface area (Å²) >= 11 is 1.73. The van der Waals surface area contributed by atoms with Gasteiger partial charge in [0.2, 0.25) is 17.7 Å². The lowest BCUT2D eigenvalue weighted by Crippen LogP contribution is -2.44. The van der Waals surface area contributed by atoms with Crippen molar-refractivity contribution in [2.75, 3.05) is 13.1 Å². The normalized spacial score (nSPS) is 20.6. The SMILES string of the molecule is O=C(CN1C(=O)CCC1=O)NCC1(c2cccs2)CCCC1. The molecule has 3 rings (SSSR count). The van der Waals surface area contributed by atoms with Crippen LogP contribution in [0.4, 0.5) is 0 Å². The lowest BCUT2D eigenvalue weighted by molar-refractivity contribution is -0.142. The van der Waals surface area contributed by atoms with Crippen molar-refractivity contribution in [2.24, 2.45) is 0 Å². The highest BCUT2D eigenvalue weighted by Crippen LogP contribution is 2.42. The van der Waals surface area contributed by atoms with E-state index in [9.17, 15) is 14.4 Å². The highest BCUT2D eigenvalue weighted by molar-refractivity contribution is 7.10. The molecule has 1 aliphatic heterocycles. The summed E-state index contributed by atoms with van der Waals surface area (Å²) in [6, 6.07) is 4.18. The molecular formula is C16H20N2O3S. The van der Waals surface area contributed by atoms with Crippen molar-refractivity contribution in [3.63, 3.8) is 0 Å². The molecule has 5 nitrogen and oxygen atoms in total. The number of carbonyl (C=O) groups excluding carboxylic acids is 3. The predicted octanol–water partition coefficient (Wildman–Crippen LogP) is 1.83. The highest BCUT2D eigenvalue weighted by atomic mass is 32.1. The summed E-state index contributed by atoms with van der Waals surface area (Å²) in [7, 11) is 0. The Hall–Kier alpha value is -1.69. The van der Waals surface area contributed by atoms with Gasteiger partial charge in [0.15, 0.2) is 0 Å². The molecule has 2 heterocycles. The van der Waals surface area contributed by atoms with Gasteiger partial charge in [0.1, 0.15) is 6.54 Å². The van der Waals surface area contributed by atoms with Crippen molar-refractivity contribution in [1.82, 2.24) is 10.2 Å². The quantitative estimate of drug-likeness (QED) is 0.842. The number of nitrogens with zero attached hydrogens (tertiary/aromatic N) is 1. The fourth-order valence-electron chi connectivity index (χ4n) is 3.41. The Morgan fingerprint density at radius 2 is 1.91 bits per heavy atom. The van der Waals surface area contributed by atoms with Gasteiger partial charge in [-0.05, 0) is 24.3 Å². The van der Waals surface area contributed by atoms with E-state index in [1.165, 1.54) is 17.7 Å². The molecule has 22 heavy (non-hydrogen) atoms. The summed E-state index contributed by atoms with van der Waals surface area (Å²) in [6.45, 7) is 0.445. The average molecular weight is 320 g/mol. The van der Waals surface area contributed by atoms with E-state index < -0.39 is 0 Å². The van der Waals surface area contributed by atoms with Crippen molar-refractivity contribution in [2.45, 2.75) is 43.9 Å². The zero-order chi connectivity index (χ0) is 15.6. The number of imide groups is 1. The van der Waals surface area contributed by atoms with E-state index in [0.29, 0.717) is 6.54 Å². The molecule has 0 unspecified atom stereocenters. The Morgan fingerprint density at radius 1 is 1.23 bits per heavy atom. The second-order valence-electron chi connectivity index (χ2n) is 6.12. The zero-order valence-electron chi connectivity index (χ0n) is 12.5. The Morgan fingerprint density at radius 3 is 2.50 bits per heavy atom. The molecule has 0 atom stereocenters. The summed E-state index contributed by atoms with van der Waals surface area (Å²) in [6.07, 6.45) is 4.97. The second-order valence-corrected chi connectivity index (χ2v) is 7.06. The summed E-state index contributed by atoms with van der Waals surface area (Å²) < 4.78 is 0. The third-order valence-electron chi connectivity index (χ3n) is 4.69. The van der Waals surface area contributed by atoms with Gasteiger partial charge in [-0.15, -0.1) is 11.3 Å². The van der Waals surface area contributed by atoms with Gasteiger partial charge in [0.05, 0.1) is 0 Å². The first kappa shape index (κ1) is 15.2. The number of hydrogen-bond acceptors (Lipinski definition) is 4. The molecule has 1 N–H and O–H groups in total. The van der Waals surface area contributed by atoms with E-state index in [-0.39, 0.29) is 42.5 Å². The number of rotatable bonds is 5. The van der Waals surface area contributed by atoms with Crippen LogP contribution in [0.2, 0.25) is 0 Å². The molecule has 6 heteroatoms. The van der Waals surface area contributed by atoms with Crippen LogP contribution in [0.15, 0.2) is 17.5 Å². The van der Waals surface area contributed by atoms with Crippen LogP contribution in [0.25, 0.3) is 0 Å². The summed E-state index contributed by atoms with van der Waals surface area (Å²) in [4.78, 5) is 37.6. The number of likely N-dealkylation sites (tertiary alicyclic amines) is 1. The van der Waals surface area contributed by atoms with Crippen molar-refractivity contribution in [1.29, 1.82) is 0 Å². The minimum atomic E-state index is -0.244. The average Bonchev–Trinajstić information content (AvgIpc) is 3.23. The standard InChI is InChI=1S/C16H20N2O3S/c19-13(10-18-14(20)5-6-15(18)21)17-11-16(7-1-2-8-16)12-4-3-9-22-12/h3-4,9H,1-2,5-8,10-11H2,(H,17,19). The van der Waals surface area contributed by atoms with Crippen molar-refractivity contribution in [3.8, 4) is 0 Å². The molecule has 1 saturated heterocycles. The van der Waals surface area contributed by atoms with Gasteiger partial charge >= 0.3 is 0 Å². The van der Waals surface area contributed by atoms with Gasteiger partial charge in [0, 0.05) is 29.7 Å². The third kappa shape index (κ3) is 2.92. The summed E-state index contributed by atoms with van der Waals surface area (Å²) in [5.74, 6) is -0.727. The maximum absolute atomic E-state index is 12.1. The number of amides is 3. The molecule has 0 radical (unpaired) electrons. The minimum Gasteiger partial charge on any atom is -0.354 e. The molecule has 0 bridgehead atoms. The Labute approximate surface area is 133 Å². The van der Waals surface area contributed by atoms with Crippen LogP contribution in [0.5, 0.6) is 0 Å². The number of nitrogens with one attached hydrogen (secondary N) is 1. The molecule has 0 spiro atoms. The molecule has 118 valence electrons. The van der Waals surface area contributed by atoms with Crippen LogP contribution in [0.3, 0.4) is 0 Å². The molecule has 1 aromatic heterocycles. The molecule has 0 aromatic carbocycles. The van der Waals surface area contributed by atoms with Crippen LogP contribution in [-0.2, 0) is 19.8 Å². The Balaban J connectivity index is 1.60. The van der Waals surface area contributed by atoms with E-state index >= 15 is 0 Å². The van der Waals surface area contributed by atoms with Gasteiger partial charge < -0.3 is 5.32 Å². The number of thiophene rings is 1. The fourth-order valence-corrected chi connectivity index (χ4v) is 4.40. The van der Waals surface area contributed by atoms with Crippen molar-refractivity contribution < 1.29 is 14.4 Å². The first-order valence-corrected chi connectivity index (χ1v) is 8.63. The van der Waals surface area contributed by atoms with Gasteiger partial charge in [-0.2, -0.15) is 0 Å². The van der Waals surface area contributed by atoms with Crippen LogP contribution >= 0.6 is 11.3 Å². The monoisotopic (exact) mass is 320 g/mol. The highest BCUT2D eigenvalue weighted by Gasteiger charge is 2.37. The molecule has 1 saturated carbocycles. The Bertz CT molecular complexity index is 560. The molecule has 2 fully saturated rings. The van der Waals surface area contributed by atoms with E-state index in [0.717, 1.165) is 17.7 Å². The van der Waals surface area contributed by atoms with Crippen LogP contribution in [0, 0.1) is 0 Å². The minimum absolute atomic E-state index is 0.0306. The van der Waals surface area contributed by atoms with Crippen LogP contribution in [0.1, 0.15) is 43.4 Å². The molecule has 3 amide bonds. The maximum atomic E-state index is 12.1. The zero-order valence-corrected chi connectivity index (χ0v) is 13.3.